The van der Waals surface area contributed by atoms with Gasteiger partial charge in [-0.05, 0) is 24.0 Å². The van der Waals surface area contributed by atoms with Gasteiger partial charge in [-0.15, -0.1) is 0 Å². The van der Waals surface area contributed by atoms with E-state index in [4.69, 9.17) is 11.6 Å². The maximum atomic E-state index is 12.4. The number of carbonyl (C=O) groups excluding carboxylic acids is 1. The third kappa shape index (κ3) is 2.14. The van der Waals surface area contributed by atoms with E-state index in [-0.39, 0.29) is 23.2 Å². The van der Waals surface area contributed by atoms with Crippen LogP contribution in [0.25, 0.3) is 0 Å². The predicted octanol–water partition coefficient (Wildman–Crippen LogP) is 2.42. The van der Waals surface area contributed by atoms with Gasteiger partial charge in [0.1, 0.15) is 10.9 Å². The molecule has 0 radical (unpaired) electrons. The normalized spacial score (nSPS) is 28.6. The summed E-state index contributed by atoms with van der Waals surface area (Å²) in [6.07, 6.45) is 3.17. The van der Waals surface area contributed by atoms with Crippen molar-refractivity contribution in [3.8, 4) is 0 Å². The number of hydrazone groups is 1. The molecule has 1 N–H and O–H groups in total. The van der Waals surface area contributed by atoms with Crippen molar-refractivity contribution in [2.24, 2.45) is 16.4 Å². The lowest BCUT2D eigenvalue weighted by molar-refractivity contribution is -0.126. The summed E-state index contributed by atoms with van der Waals surface area (Å²) in [4.78, 5) is 16.5. The van der Waals surface area contributed by atoms with Gasteiger partial charge >= 0.3 is 0 Å². The number of halogens is 1. The van der Waals surface area contributed by atoms with Gasteiger partial charge < -0.3 is 5.43 Å². The van der Waals surface area contributed by atoms with Crippen LogP contribution in [0, 0.1) is 11.3 Å². The molecule has 5 heteroatoms. The van der Waals surface area contributed by atoms with Crippen LogP contribution in [0.3, 0.4) is 0 Å². The molecular formula is C14H16ClN3O. The quantitative estimate of drug-likeness (QED) is 0.802. The first-order valence-electron chi connectivity index (χ1n) is 6.45. The van der Waals surface area contributed by atoms with Gasteiger partial charge in [-0.2, -0.15) is 5.10 Å². The lowest BCUT2D eigenvalue weighted by atomic mass is 9.68. The third-order valence-corrected chi connectivity index (χ3v) is 4.16. The fraction of sp³-hybridized carbons (Fsp3) is 0.500. The van der Waals surface area contributed by atoms with Crippen LogP contribution in [0.15, 0.2) is 23.4 Å². The van der Waals surface area contributed by atoms with Crippen LogP contribution in [0.4, 0.5) is 0 Å². The van der Waals surface area contributed by atoms with Crippen LogP contribution in [-0.2, 0) is 4.79 Å². The summed E-state index contributed by atoms with van der Waals surface area (Å²) in [6.45, 7) is 4.25. The Labute approximate surface area is 117 Å². The molecule has 1 fully saturated rings. The molecule has 2 heterocycles. The monoisotopic (exact) mass is 277 g/mol. The molecule has 1 aliphatic carbocycles. The summed E-state index contributed by atoms with van der Waals surface area (Å²) in [5.41, 5.74) is 4.64. The molecular weight excluding hydrogens is 262 g/mol. The second-order valence-corrected chi connectivity index (χ2v) is 6.42. The summed E-state index contributed by atoms with van der Waals surface area (Å²) < 4.78 is 0. The van der Waals surface area contributed by atoms with Gasteiger partial charge in [-0.1, -0.05) is 25.4 Å². The standard InChI is InChI=1S/C14H16ClN3O/c1-14(2)6-9-11(10(19)7-14)12(18-17-9)8-4-3-5-16-13(8)15/h3-5,9,11,17H,6-7H2,1-2H3/t9-,11-/m0/s1. The van der Waals surface area contributed by atoms with Crippen molar-refractivity contribution in [1.82, 2.24) is 10.4 Å². The molecule has 0 saturated heterocycles. The second kappa shape index (κ2) is 4.30. The number of aromatic nitrogens is 1. The average Bonchev–Trinajstić information content (AvgIpc) is 2.71. The average molecular weight is 278 g/mol. The smallest absolute Gasteiger partial charge is 0.144 e. The highest BCUT2D eigenvalue weighted by Crippen LogP contribution is 2.40. The molecule has 0 spiro atoms. The van der Waals surface area contributed by atoms with E-state index >= 15 is 0 Å². The molecule has 1 aromatic heterocycles. The van der Waals surface area contributed by atoms with E-state index in [1.165, 1.54) is 0 Å². The Bertz CT molecular complexity index is 568. The number of hydrogen-bond donors (Lipinski definition) is 1. The Morgan fingerprint density at radius 3 is 3.00 bits per heavy atom. The first-order valence-corrected chi connectivity index (χ1v) is 6.82. The van der Waals surface area contributed by atoms with Crippen molar-refractivity contribution in [2.75, 3.05) is 0 Å². The van der Waals surface area contributed by atoms with E-state index in [1.54, 1.807) is 6.20 Å². The van der Waals surface area contributed by atoms with Gasteiger partial charge in [0.15, 0.2) is 0 Å². The van der Waals surface area contributed by atoms with Gasteiger partial charge in [-0.25, -0.2) is 4.98 Å². The van der Waals surface area contributed by atoms with Crippen LogP contribution < -0.4 is 5.43 Å². The lowest BCUT2D eigenvalue weighted by Crippen LogP contribution is -2.45. The topological polar surface area (TPSA) is 54.4 Å². The van der Waals surface area contributed by atoms with E-state index in [0.29, 0.717) is 11.6 Å². The number of pyridine rings is 1. The van der Waals surface area contributed by atoms with Crippen LogP contribution in [0.5, 0.6) is 0 Å². The van der Waals surface area contributed by atoms with Crippen molar-refractivity contribution in [3.63, 3.8) is 0 Å². The van der Waals surface area contributed by atoms with Gasteiger partial charge in [0.05, 0.1) is 17.7 Å². The van der Waals surface area contributed by atoms with Gasteiger partial charge in [0.2, 0.25) is 0 Å². The number of carbonyl (C=O) groups is 1. The molecule has 0 aromatic carbocycles. The molecule has 4 nitrogen and oxygen atoms in total. The second-order valence-electron chi connectivity index (χ2n) is 6.06. The summed E-state index contributed by atoms with van der Waals surface area (Å²) >= 11 is 6.11. The van der Waals surface area contributed by atoms with Crippen molar-refractivity contribution >= 4 is 23.1 Å². The van der Waals surface area contributed by atoms with Crippen molar-refractivity contribution < 1.29 is 4.79 Å². The molecule has 0 bridgehead atoms. The summed E-state index contributed by atoms with van der Waals surface area (Å²) in [5, 5.41) is 4.75. The Balaban J connectivity index is 1.95. The number of nitrogens with one attached hydrogen (secondary N) is 1. The molecule has 2 aliphatic rings. The first kappa shape index (κ1) is 12.6. The Morgan fingerprint density at radius 2 is 2.26 bits per heavy atom. The van der Waals surface area contributed by atoms with Gasteiger partial charge in [-0.3, -0.25) is 4.79 Å². The number of nitrogens with zero attached hydrogens (tertiary/aromatic N) is 2. The molecule has 1 aliphatic heterocycles. The number of Topliss-reactive ketones (excluding diaryl/α,β-unsaturated/α-hetero) is 1. The highest BCUT2D eigenvalue weighted by atomic mass is 35.5. The van der Waals surface area contributed by atoms with E-state index < -0.39 is 0 Å². The minimum atomic E-state index is -0.185. The van der Waals surface area contributed by atoms with E-state index in [9.17, 15) is 4.79 Å². The van der Waals surface area contributed by atoms with Crippen molar-refractivity contribution in [2.45, 2.75) is 32.7 Å². The van der Waals surface area contributed by atoms with Gasteiger partial charge in [0.25, 0.3) is 0 Å². The van der Waals surface area contributed by atoms with E-state index in [1.807, 2.05) is 12.1 Å². The zero-order chi connectivity index (χ0) is 13.6. The predicted molar refractivity (Wildman–Crippen MR) is 74.2 cm³/mol. The molecule has 19 heavy (non-hydrogen) atoms. The van der Waals surface area contributed by atoms with Crippen LogP contribution in [0.1, 0.15) is 32.3 Å². The largest absolute Gasteiger partial charge is 0.306 e. The zero-order valence-electron chi connectivity index (χ0n) is 11.0. The van der Waals surface area contributed by atoms with Crippen molar-refractivity contribution in [3.05, 3.63) is 29.0 Å². The molecule has 1 saturated carbocycles. The molecule has 3 rings (SSSR count). The summed E-state index contributed by atoms with van der Waals surface area (Å²) in [6, 6.07) is 3.77. The fourth-order valence-electron chi connectivity index (χ4n) is 3.08. The minimum Gasteiger partial charge on any atom is -0.306 e. The highest BCUT2D eigenvalue weighted by molar-refractivity contribution is 6.34. The maximum Gasteiger partial charge on any atom is 0.144 e. The van der Waals surface area contributed by atoms with Crippen LogP contribution in [0.2, 0.25) is 5.15 Å². The minimum absolute atomic E-state index is 0.0367. The lowest BCUT2D eigenvalue weighted by Gasteiger charge is -2.36. The van der Waals surface area contributed by atoms with Crippen molar-refractivity contribution in [1.29, 1.82) is 0 Å². The first-order chi connectivity index (χ1) is 8.98. The van der Waals surface area contributed by atoms with Crippen LogP contribution in [-0.4, -0.2) is 22.5 Å². The molecule has 1 aromatic rings. The Hall–Kier alpha value is -1.42. The summed E-state index contributed by atoms with van der Waals surface area (Å²) in [5.74, 6) is 0.0552. The molecule has 2 atom stereocenters. The summed E-state index contributed by atoms with van der Waals surface area (Å²) in [7, 11) is 0. The van der Waals surface area contributed by atoms with Crippen LogP contribution >= 0.6 is 11.6 Å². The van der Waals surface area contributed by atoms with Gasteiger partial charge in [0, 0.05) is 18.2 Å². The molecule has 0 unspecified atom stereocenters. The Morgan fingerprint density at radius 1 is 1.47 bits per heavy atom. The number of rotatable bonds is 1. The zero-order valence-corrected chi connectivity index (χ0v) is 11.7. The number of fused-ring (bicyclic) bond motifs is 1. The van der Waals surface area contributed by atoms with E-state index in [2.05, 4.69) is 29.4 Å². The SMILES string of the molecule is CC1(C)CC(=O)[C@H]2C(c3cccnc3Cl)=NN[C@H]2C1. The fourth-order valence-corrected chi connectivity index (χ4v) is 3.30. The Kier molecular flexibility index (Phi) is 2.86. The number of ketones is 1. The van der Waals surface area contributed by atoms with E-state index in [0.717, 1.165) is 17.7 Å². The molecule has 0 amide bonds. The highest BCUT2D eigenvalue weighted by Gasteiger charge is 2.46. The maximum absolute atomic E-state index is 12.4. The molecule has 100 valence electrons. The number of hydrogen-bond acceptors (Lipinski definition) is 4. The third-order valence-electron chi connectivity index (χ3n) is 3.85.